The molecule has 0 saturated heterocycles. The monoisotopic (exact) mass is 238 g/mol. The first-order valence-corrected chi connectivity index (χ1v) is 5.34. The molecule has 0 amide bonds. The van der Waals surface area contributed by atoms with Gasteiger partial charge < -0.3 is 14.6 Å². The number of hydrogen-bond donors (Lipinski definition) is 1. The second kappa shape index (κ2) is 5.29. The van der Waals surface area contributed by atoms with Crippen molar-refractivity contribution >= 4 is 5.97 Å². The Morgan fingerprint density at radius 3 is 2.53 bits per heavy atom. The number of methoxy groups -OCH3 is 2. The van der Waals surface area contributed by atoms with Crippen LogP contribution in [0.5, 0.6) is 0 Å². The molecule has 0 radical (unpaired) electrons. The Morgan fingerprint density at radius 2 is 2.00 bits per heavy atom. The number of ether oxygens (including phenoxy) is 2. The van der Waals surface area contributed by atoms with Crippen LogP contribution in [0.2, 0.25) is 0 Å². The zero-order chi connectivity index (χ0) is 13.1. The topological polar surface area (TPSA) is 55.8 Å². The van der Waals surface area contributed by atoms with Crippen molar-refractivity contribution in [2.24, 2.45) is 0 Å². The number of carbonyl (C=O) groups is 1. The van der Waals surface area contributed by atoms with Gasteiger partial charge >= 0.3 is 5.97 Å². The molecule has 0 aromatic heterocycles. The Hall–Kier alpha value is -1.39. The van der Waals surface area contributed by atoms with Crippen molar-refractivity contribution in [1.29, 1.82) is 0 Å². The van der Waals surface area contributed by atoms with Gasteiger partial charge in [-0.25, -0.2) is 4.79 Å². The van der Waals surface area contributed by atoms with E-state index in [1.54, 1.807) is 25.3 Å². The maximum absolute atomic E-state index is 11.2. The smallest absolute Gasteiger partial charge is 0.339 e. The second-order valence-electron chi connectivity index (χ2n) is 4.27. The van der Waals surface area contributed by atoms with Crippen molar-refractivity contribution in [3.63, 3.8) is 0 Å². The Kier molecular flexibility index (Phi) is 4.26. The summed E-state index contributed by atoms with van der Waals surface area (Å²) in [7, 11) is 2.86. The van der Waals surface area contributed by atoms with Crippen LogP contribution < -0.4 is 0 Å². The minimum Gasteiger partial charge on any atom is -0.467 e. The molecule has 0 saturated carbocycles. The fourth-order valence-electron chi connectivity index (χ4n) is 1.45. The first-order chi connectivity index (χ1) is 7.92. The zero-order valence-electron chi connectivity index (χ0n) is 10.6. The lowest BCUT2D eigenvalue weighted by molar-refractivity contribution is -0.150. The highest BCUT2D eigenvalue weighted by atomic mass is 16.5. The van der Waals surface area contributed by atoms with Crippen molar-refractivity contribution in [3.05, 3.63) is 35.4 Å². The Balaban J connectivity index is 3.05. The van der Waals surface area contributed by atoms with E-state index < -0.39 is 17.7 Å². The summed E-state index contributed by atoms with van der Waals surface area (Å²) in [5, 5.41) is 9.74. The molecular formula is C13H18O4. The Bertz CT molecular complexity index is 398. The molecule has 0 fully saturated rings. The van der Waals surface area contributed by atoms with E-state index >= 15 is 0 Å². The SMILES string of the molecule is COC(=O)C(O)c1cccc(C(C)(C)OC)c1. The van der Waals surface area contributed by atoms with E-state index in [0.29, 0.717) is 5.56 Å². The van der Waals surface area contributed by atoms with Crippen LogP contribution in [0, 0.1) is 0 Å². The molecule has 0 spiro atoms. The van der Waals surface area contributed by atoms with E-state index in [1.807, 2.05) is 19.9 Å². The molecule has 0 aliphatic heterocycles. The molecule has 1 aromatic rings. The minimum absolute atomic E-state index is 0.466. The van der Waals surface area contributed by atoms with Gasteiger partial charge in [0.2, 0.25) is 0 Å². The van der Waals surface area contributed by atoms with Crippen LogP contribution in [-0.4, -0.2) is 25.3 Å². The molecule has 17 heavy (non-hydrogen) atoms. The summed E-state index contributed by atoms with van der Waals surface area (Å²) < 4.78 is 9.85. The number of rotatable bonds is 4. The largest absolute Gasteiger partial charge is 0.467 e. The maximum atomic E-state index is 11.2. The number of carbonyl (C=O) groups excluding carboxylic acids is 1. The van der Waals surface area contributed by atoms with Crippen LogP contribution >= 0.6 is 0 Å². The van der Waals surface area contributed by atoms with Gasteiger partial charge in [0.1, 0.15) is 0 Å². The third kappa shape index (κ3) is 3.05. The molecule has 1 rings (SSSR count). The van der Waals surface area contributed by atoms with Gasteiger partial charge in [-0.15, -0.1) is 0 Å². The molecule has 1 unspecified atom stereocenters. The molecule has 0 heterocycles. The van der Waals surface area contributed by atoms with E-state index in [4.69, 9.17) is 4.74 Å². The molecule has 0 bridgehead atoms. The fourth-order valence-corrected chi connectivity index (χ4v) is 1.45. The maximum Gasteiger partial charge on any atom is 0.339 e. The second-order valence-corrected chi connectivity index (χ2v) is 4.27. The number of aliphatic hydroxyl groups excluding tert-OH is 1. The summed E-state index contributed by atoms with van der Waals surface area (Å²) in [6.45, 7) is 3.83. The van der Waals surface area contributed by atoms with E-state index in [2.05, 4.69) is 4.74 Å². The average molecular weight is 238 g/mol. The highest BCUT2D eigenvalue weighted by Gasteiger charge is 2.23. The first-order valence-electron chi connectivity index (χ1n) is 5.34. The summed E-state index contributed by atoms with van der Waals surface area (Å²) in [5.74, 6) is -0.669. The highest BCUT2D eigenvalue weighted by Crippen LogP contribution is 2.26. The average Bonchev–Trinajstić information content (AvgIpc) is 2.37. The van der Waals surface area contributed by atoms with E-state index in [1.165, 1.54) is 7.11 Å². The van der Waals surface area contributed by atoms with Crippen LogP contribution in [0.15, 0.2) is 24.3 Å². The summed E-state index contributed by atoms with van der Waals surface area (Å²) in [6.07, 6.45) is -1.26. The molecule has 1 aromatic carbocycles. The zero-order valence-corrected chi connectivity index (χ0v) is 10.6. The lowest BCUT2D eigenvalue weighted by atomic mass is 9.95. The quantitative estimate of drug-likeness (QED) is 0.812. The number of esters is 1. The third-order valence-electron chi connectivity index (χ3n) is 2.83. The van der Waals surface area contributed by atoms with Crippen LogP contribution in [0.1, 0.15) is 31.1 Å². The molecule has 1 atom stereocenters. The van der Waals surface area contributed by atoms with Crippen LogP contribution in [0.3, 0.4) is 0 Å². The first kappa shape index (κ1) is 13.7. The summed E-state index contributed by atoms with van der Waals surface area (Å²) in [4.78, 5) is 11.2. The summed E-state index contributed by atoms with van der Waals surface area (Å²) in [6, 6.07) is 7.08. The van der Waals surface area contributed by atoms with Crippen molar-refractivity contribution in [3.8, 4) is 0 Å². The lowest BCUT2D eigenvalue weighted by Gasteiger charge is -2.24. The molecule has 4 nitrogen and oxygen atoms in total. The van der Waals surface area contributed by atoms with Gasteiger partial charge in [0.25, 0.3) is 0 Å². The van der Waals surface area contributed by atoms with Crippen LogP contribution in [-0.2, 0) is 19.9 Å². The molecule has 0 aliphatic rings. The highest BCUT2D eigenvalue weighted by molar-refractivity contribution is 5.76. The van der Waals surface area contributed by atoms with Crippen molar-refractivity contribution in [1.82, 2.24) is 0 Å². The van der Waals surface area contributed by atoms with Gasteiger partial charge in [-0.05, 0) is 31.0 Å². The van der Waals surface area contributed by atoms with Crippen LogP contribution in [0.25, 0.3) is 0 Å². The fraction of sp³-hybridized carbons (Fsp3) is 0.462. The normalized spacial score (nSPS) is 13.2. The predicted molar refractivity (Wildman–Crippen MR) is 63.5 cm³/mol. The van der Waals surface area contributed by atoms with Gasteiger partial charge in [-0.3, -0.25) is 0 Å². The number of aliphatic hydroxyl groups is 1. The lowest BCUT2D eigenvalue weighted by Crippen LogP contribution is -2.20. The van der Waals surface area contributed by atoms with Crippen LogP contribution in [0.4, 0.5) is 0 Å². The van der Waals surface area contributed by atoms with E-state index in [-0.39, 0.29) is 0 Å². The van der Waals surface area contributed by atoms with Gasteiger partial charge in [-0.1, -0.05) is 18.2 Å². The number of hydrogen-bond acceptors (Lipinski definition) is 4. The van der Waals surface area contributed by atoms with Gasteiger partial charge in [0.15, 0.2) is 6.10 Å². The molecule has 4 heteroatoms. The Labute approximate surface area is 101 Å². The van der Waals surface area contributed by atoms with Gasteiger partial charge in [0.05, 0.1) is 12.7 Å². The number of benzene rings is 1. The van der Waals surface area contributed by atoms with E-state index in [0.717, 1.165) is 5.56 Å². The standard InChI is InChI=1S/C13H18O4/c1-13(2,17-4)10-7-5-6-9(8-10)11(14)12(15)16-3/h5-8,11,14H,1-4H3. The molecular weight excluding hydrogens is 220 g/mol. The predicted octanol–water partition coefficient (Wildman–Crippen LogP) is 1.77. The van der Waals surface area contributed by atoms with Gasteiger partial charge in [0, 0.05) is 7.11 Å². The summed E-state index contributed by atoms with van der Waals surface area (Å²) in [5.41, 5.74) is 0.922. The van der Waals surface area contributed by atoms with E-state index in [9.17, 15) is 9.90 Å². The molecule has 94 valence electrons. The molecule has 0 aliphatic carbocycles. The van der Waals surface area contributed by atoms with Crippen molar-refractivity contribution in [2.75, 3.05) is 14.2 Å². The summed E-state index contributed by atoms with van der Waals surface area (Å²) >= 11 is 0. The third-order valence-corrected chi connectivity index (χ3v) is 2.83. The Morgan fingerprint density at radius 1 is 1.35 bits per heavy atom. The molecule has 1 N–H and O–H groups in total. The minimum atomic E-state index is -1.26. The van der Waals surface area contributed by atoms with Gasteiger partial charge in [-0.2, -0.15) is 0 Å². The van der Waals surface area contributed by atoms with Crippen molar-refractivity contribution < 1.29 is 19.4 Å². The van der Waals surface area contributed by atoms with Crippen molar-refractivity contribution in [2.45, 2.75) is 25.6 Å².